The van der Waals surface area contributed by atoms with Gasteiger partial charge in [0.25, 0.3) is 0 Å². The summed E-state index contributed by atoms with van der Waals surface area (Å²) in [7, 11) is 0. The van der Waals surface area contributed by atoms with Crippen LogP contribution in [0.5, 0.6) is 0 Å². The molecule has 18 heavy (non-hydrogen) atoms. The lowest BCUT2D eigenvalue weighted by Gasteiger charge is -2.29. The summed E-state index contributed by atoms with van der Waals surface area (Å²) in [5.74, 6) is 1.11. The maximum atomic E-state index is 5.67. The van der Waals surface area contributed by atoms with Crippen LogP contribution in [0.15, 0.2) is 29.8 Å². The van der Waals surface area contributed by atoms with Crippen molar-refractivity contribution in [1.29, 1.82) is 0 Å². The first-order valence-corrected chi connectivity index (χ1v) is 7.20. The van der Waals surface area contributed by atoms with Gasteiger partial charge in [0.05, 0.1) is 0 Å². The molecular weight excluding hydrogens is 242 g/mol. The van der Waals surface area contributed by atoms with Gasteiger partial charge in [-0.05, 0) is 48.0 Å². The van der Waals surface area contributed by atoms with E-state index in [9.17, 15) is 0 Å². The van der Waals surface area contributed by atoms with Crippen LogP contribution < -0.4 is 10.6 Å². The van der Waals surface area contributed by atoms with Crippen LogP contribution in [0.25, 0.3) is 0 Å². The minimum atomic E-state index is 0.677. The average Bonchev–Trinajstić information content (AvgIpc) is 2.87. The van der Waals surface area contributed by atoms with Gasteiger partial charge in [0.2, 0.25) is 0 Å². The molecule has 2 aromatic heterocycles. The lowest BCUT2D eigenvalue weighted by molar-refractivity contribution is 0.725. The summed E-state index contributed by atoms with van der Waals surface area (Å²) in [6, 6.07) is 6.37. The topological polar surface area (TPSA) is 42.1 Å². The van der Waals surface area contributed by atoms with Crippen molar-refractivity contribution in [2.24, 2.45) is 5.73 Å². The van der Waals surface area contributed by atoms with E-state index >= 15 is 0 Å². The van der Waals surface area contributed by atoms with Gasteiger partial charge in [-0.15, -0.1) is 11.3 Å². The van der Waals surface area contributed by atoms with Crippen molar-refractivity contribution in [1.82, 2.24) is 4.98 Å². The maximum Gasteiger partial charge on any atom is 0.132 e. The van der Waals surface area contributed by atoms with Gasteiger partial charge in [0.15, 0.2) is 0 Å². The summed E-state index contributed by atoms with van der Waals surface area (Å²) < 4.78 is 0. The van der Waals surface area contributed by atoms with E-state index < -0.39 is 0 Å². The van der Waals surface area contributed by atoms with Crippen molar-refractivity contribution in [3.63, 3.8) is 0 Å². The minimum absolute atomic E-state index is 0.677. The van der Waals surface area contributed by atoms with Crippen LogP contribution in [-0.2, 0) is 19.4 Å². The Kier molecular flexibility index (Phi) is 3.30. The molecular formula is C14H17N3S. The second-order valence-corrected chi connectivity index (χ2v) is 5.57. The summed E-state index contributed by atoms with van der Waals surface area (Å²) in [5.41, 5.74) is 8.39. The maximum absolute atomic E-state index is 5.67. The summed E-state index contributed by atoms with van der Waals surface area (Å²) in [6.07, 6.45) is 3.90. The first-order chi connectivity index (χ1) is 8.88. The second kappa shape index (κ2) is 5.08. The molecule has 0 saturated carbocycles. The van der Waals surface area contributed by atoms with Crippen LogP contribution in [0.3, 0.4) is 0 Å². The van der Waals surface area contributed by atoms with Crippen LogP contribution in [0, 0.1) is 0 Å². The molecule has 1 aliphatic rings. The molecule has 4 heteroatoms. The highest BCUT2D eigenvalue weighted by Crippen LogP contribution is 2.28. The van der Waals surface area contributed by atoms with Crippen LogP contribution in [0.2, 0.25) is 0 Å². The van der Waals surface area contributed by atoms with Crippen LogP contribution in [0.1, 0.15) is 16.0 Å². The second-order valence-electron chi connectivity index (χ2n) is 4.57. The zero-order valence-electron chi connectivity index (χ0n) is 10.3. The number of hydrogen-bond acceptors (Lipinski definition) is 4. The summed E-state index contributed by atoms with van der Waals surface area (Å²) in [6.45, 7) is 2.71. The van der Waals surface area contributed by atoms with Gasteiger partial charge < -0.3 is 10.6 Å². The molecule has 0 atom stereocenters. The average molecular weight is 259 g/mol. The molecule has 3 heterocycles. The number of anilines is 1. The van der Waals surface area contributed by atoms with E-state index in [1.807, 2.05) is 23.6 Å². The molecule has 0 spiro atoms. The third-order valence-electron chi connectivity index (χ3n) is 3.39. The van der Waals surface area contributed by atoms with E-state index in [4.69, 9.17) is 5.73 Å². The minimum Gasteiger partial charge on any atom is -0.352 e. The Morgan fingerprint density at radius 3 is 3.22 bits per heavy atom. The fraction of sp³-hybridized carbons (Fsp3) is 0.357. The van der Waals surface area contributed by atoms with E-state index in [2.05, 4.69) is 27.4 Å². The molecule has 0 saturated heterocycles. The molecule has 2 aromatic rings. The third kappa shape index (κ3) is 2.13. The first-order valence-electron chi connectivity index (χ1n) is 6.32. The monoisotopic (exact) mass is 259 g/mol. The normalized spacial score (nSPS) is 14.6. The highest BCUT2D eigenvalue weighted by atomic mass is 32.1. The molecule has 0 amide bonds. The molecule has 0 aliphatic carbocycles. The zero-order valence-corrected chi connectivity index (χ0v) is 11.1. The zero-order chi connectivity index (χ0) is 12.4. The van der Waals surface area contributed by atoms with Gasteiger partial charge in [0.1, 0.15) is 5.82 Å². The lowest BCUT2D eigenvalue weighted by atomic mass is 10.1. The summed E-state index contributed by atoms with van der Waals surface area (Å²) in [4.78, 5) is 8.46. The van der Waals surface area contributed by atoms with E-state index in [-0.39, 0.29) is 0 Å². The van der Waals surface area contributed by atoms with E-state index in [0.717, 1.165) is 31.7 Å². The van der Waals surface area contributed by atoms with Crippen molar-refractivity contribution in [3.05, 3.63) is 45.8 Å². The van der Waals surface area contributed by atoms with Gasteiger partial charge in [-0.25, -0.2) is 4.98 Å². The number of nitrogens with zero attached hydrogens (tertiary/aromatic N) is 2. The number of fused-ring (bicyclic) bond motifs is 1. The van der Waals surface area contributed by atoms with E-state index in [0.29, 0.717) is 6.54 Å². The largest absolute Gasteiger partial charge is 0.352 e. The fourth-order valence-electron chi connectivity index (χ4n) is 2.49. The molecule has 0 aromatic carbocycles. The van der Waals surface area contributed by atoms with E-state index in [1.54, 1.807) is 0 Å². The lowest BCUT2D eigenvalue weighted by Crippen LogP contribution is -2.31. The molecule has 94 valence electrons. The van der Waals surface area contributed by atoms with Crippen molar-refractivity contribution in [2.75, 3.05) is 18.0 Å². The Bertz CT molecular complexity index is 535. The SMILES string of the molecule is NCCc1cccnc1N1CCc2sccc2C1. The van der Waals surface area contributed by atoms with Crippen molar-refractivity contribution >= 4 is 17.2 Å². The third-order valence-corrected chi connectivity index (χ3v) is 4.41. The van der Waals surface area contributed by atoms with Gasteiger partial charge in [-0.3, -0.25) is 0 Å². The van der Waals surface area contributed by atoms with Gasteiger partial charge in [0, 0.05) is 24.2 Å². The Balaban J connectivity index is 1.88. The highest BCUT2D eigenvalue weighted by Gasteiger charge is 2.19. The smallest absolute Gasteiger partial charge is 0.132 e. The van der Waals surface area contributed by atoms with Crippen molar-refractivity contribution in [2.45, 2.75) is 19.4 Å². The molecule has 3 nitrogen and oxygen atoms in total. The molecule has 0 radical (unpaired) electrons. The molecule has 0 bridgehead atoms. The van der Waals surface area contributed by atoms with Gasteiger partial charge >= 0.3 is 0 Å². The predicted molar refractivity (Wildman–Crippen MR) is 76.1 cm³/mol. The summed E-state index contributed by atoms with van der Waals surface area (Å²) >= 11 is 1.87. The van der Waals surface area contributed by atoms with Crippen LogP contribution >= 0.6 is 11.3 Å². The van der Waals surface area contributed by atoms with Crippen LogP contribution in [0.4, 0.5) is 5.82 Å². The Labute approximate surface area is 111 Å². The Morgan fingerprint density at radius 2 is 2.33 bits per heavy atom. The Morgan fingerprint density at radius 1 is 1.39 bits per heavy atom. The van der Waals surface area contributed by atoms with Crippen molar-refractivity contribution in [3.8, 4) is 0 Å². The summed E-state index contributed by atoms with van der Waals surface area (Å²) in [5, 5.41) is 2.19. The van der Waals surface area contributed by atoms with Crippen molar-refractivity contribution < 1.29 is 0 Å². The van der Waals surface area contributed by atoms with E-state index in [1.165, 1.54) is 16.0 Å². The first kappa shape index (κ1) is 11.7. The molecule has 3 rings (SSSR count). The highest BCUT2D eigenvalue weighted by molar-refractivity contribution is 7.10. The molecule has 1 aliphatic heterocycles. The van der Waals surface area contributed by atoms with Gasteiger partial charge in [-0.1, -0.05) is 6.07 Å². The number of rotatable bonds is 3. The predicted octanol–water partition coefficient (Wildman–Crippen LogP) is 2.21. The number of pyridine rings is 1. The quantitative estimate of drug-likeness (QED) is 0.919. The van der Waals surface area contributed by atoms with Gasteiger partial charge in [-0.2, -0.15) is 0 Å². The standard InChI is InChI=1S/C14H17N3S/c15-6-3-11-2-1-7-16-14(11)17-8-4-13-12(10-17)5-9-18-13/h1-2,5,7,9H,3-4,6,8,10,15H2. The molecule has 0 unspecified atom stereocenters. The number of thiophene rings is 1. The number of hydrogen-bond donors (Lipinski definition) is 1. The number of aromatic nitrogens is 1. The number of nitrogens with two attached hydrogens (primary N) is 1. The Hall–Kier alpha value is -1.39. The fourth-order valence-corrected chi connectivity index (χ4v) is 3.38. The van der Waals surface area contributed by atoms with Crippen LogP contribution in [-0.4, -0.2) is 18.1 Å². The molecule has 0 fully saturated rings. The molecule has 2 N–H and O–H groups in total.